The van der Waals surface area contributed by atoms with Crippen molar-refractivity contribution >= 4 is 21.9 Å². The van der Waals surface area contributed by atoms with Gasteiger partial charge in [0.05, 0.1) is 19.0 Å². The third-order valence-electron chi connectivity index (χ3n) is 3.78. The molecular weight excluding hydrogens is 324 g/mol. The molecule has 0 aromatic rings. The van der Waals surface area contributed by atoms with Gasteiger partial charge in [0.15, 0.2) is 0 Å². The van der Waals surface area contributed by atoms with E-state index in [4.69, 9.17) is 9.84 Å². The van der Waals surface area contributed by atoms with Gasteiger partial charge in [0.1, 0.15) is 6.54 Å². The Morgan fingerprint density at radius 3 is 2.61 bits per heavy atom. The Bertz CT molecular complexity index is 521. The standard InChI is InChI=1S/C14H26N2O6S/c1-4-5-11(2)14(19)15-6-7-22-12(8-15)9-16(10-13(17)18)23(3,20)21/h11-12H,4-10H2,1-3H3,(H,17,18)/t11-,12-/m0/s1. The number of morpholine rings is 1. The van der Waals surface area contributed by atoms with Crippen molar-refractivity contribution in [3.63, 3.8) is 0 Å². The van der Waals surface area contributed by atoms with Gasteiger partial charge in [0, 0.05) is 25.6 Å². The van der Waals surface area contributed by atoms with Crippen molar-refractivity contribution in [3.8, 4) is 0 Å². The van der Waals surface area contributed by atoms with Crippen LogP contribution in [0.25, 0.3) is 0 Å². The molecule has 0 saturated carbocycles. The third-order valence-corrected chi connectivity index (χ3v) is 5.00. The summed E-state index contributed by atoms with van der Waals surface area (Å²) in [5, 5.41) is 8.84. The molecule has 1 aliphatic heterocycles. The number of carboxylic acids is 1. The monoisotopic (exact) mass is 350 g/mol. The number of aliphatic carboxylic acids is 1. The molecule has 2 atom stereocenters. The second-order valence-electron chi connectivity index (χ2n) is 5.92. The minimum Gasteiger partial charge on any atom is -0.480 e. The van der Waals surface area contributed by atoms with E-state index in [0.29, 0.717) is 13.2 Å². The molecule has 1 rings (SSSR count). The molecule has 1 fully saturated rings. The second kappa shape index (κ2) is 8.60. The van der Waals surface area contributed by atoms with Crippen molar-refractivity contribution in [1.29, 1.82) is 0 Å². The number of nitrogens with zero attached hydrogens (tertiary/aromatic N) is 2. The van der Waals surface area contributed by atoms with Crippen molar-refractivity contribution in [2.75, 3.05) is 39.0 Å². The highest BCUT2D eigenvalue weighted by atomic mass is 32.2. The Labute approximate surface area is 137 Å². The molecule has 0 aromatic heterocycles. The number of amides is 1. The molecule has 8 nitrogen and oxygen atoms in total. The minimum absolute atomic E-state index is 0.0318. The predicted octanol–water partition coefficient (Wildman–Crippen LogP) is -0.00380. The number of ether oxygens (including phenoxy) is 1. The molecule has 1 aliphatic rings. The van der Waals surface area contributed by atoms with Crippen LogP contribution in [0.15, 0.2) is 0 Å². The topological polar surface area (TPSA) is 104 Å². The zero-order chi connectivity index (χ0) is 17.6. The van der Waals surface area contributed by atoms with E-state index in [1.807, 2.05) is 13.8 Å². The van der Waals surface area contributed by atoms with E-state index in [-0.39, 0.29) is 24.9 Å². The molecule has 1 N–H and O–H groups in total. The van der Waals surface area contributed by atoms with E-state index >= 15 is 0 Å². The number of rotatable bonds is 8. The van der Waals surface area contributed by atoms with Gasteiger partial charge in [-0.25, -0.2) is 8.42 Å². The van der Waals surface area contributed by atoms with E-state index in [0.717, 1.165) is 23.4 Å². The first kappa shape index (κ1) is 19.9. The van der Waals surface area contributed by atoms with Gasteiger partial charge in [0.25, 0.3) is 0 Å². The van der Waals surface area contributed by atoms with Gasteiger partial charge in [-0.15, -0.1) is 0 Å². The number of hydrogen-bond acceptors (Lipinski definition) is 5. The molecule has 0 unspecified atom stereocenters. The van der Waals surface area contributed by atoms with E-state index in [9.17, 15) is 18.0 Å². The molecule has 0 spiro atoms. The van der Waals surface area contributed by atoms with Gasteiger partial charge in [-0.3, -0.25) is 9.59 Å². The van der Waals surface area contributed by atoms with Crippen LogP contribution in [-0.4, -0.2) is 79.8 Å². The molecule has 0 aromatic carbocycles. The van der Waals surface area contributed by atoms with Crippen molar-refractivity contribution in [3.05, 3.63) is 0 Å². The fourth-order valence-electron chi connectivity index (χ4n) is 2.59. The second-order valence-corrected chi connectivity index (χ2v) is 7.90. The molecule has 0 radical (unpaired) electrons. The van der Waals surface area contributed by atoms with Crippen molar-refractivity contribution in [2.45, 2.75) is 32.8 Å². The smallest absolute Gasteiger partial charge is 0.318 e. The van der Waals surface area contributed by atoms with Crippen molar-refractivity contribution in [1.82, 2.24) is 9.21 Å². The van der Waals surface area contributed by atoms with Gasteiger partial charge in [-0.05, 0) is 6.42 Å². The van der Waals surface area contributed by atoms with Crippen molar-refractivity contribution in [2.24, 2.45) is 5.92 Å². The average Bonchev–Trinajstić information content (AvgIpc) is 2.45. The van der Waals surface area contributed by atoms with Gasteiger partial charge >= 0.3 is 5.97 Å². The van der Waals surface area contributed by atoms with Crippen LogP contribution in [0.1, 0.15) is 26.7 Å². The van der Waals surface area contributed by atoms with Gasteiger partial charge in [-0.1, -0.05) is 20.3 Å². The molecule has 23 heavy (non-hydrogen) atoms. The van der Waals surface area contributed by atoms with Crippen LogP contribution in [0.4, 0.5) is 0 Å². The zero-order valence-corrected chi connectivity index (χ0v) is 14.7. The maximum absolute atomic E-state index is 12.3. The molecule has 0 bridgehead atoms. The minimum atomic E-state index is -3.65. The molecular formula is C14H26N2O6S. The van der Waals surface area contributed by atoms with Crippen LogP contribution in [0.2, 0.25) is 0 Å². The van der Waals surface area contributed by atoms with Gasteiger partial charge in [0.2, 0.25) is 15.9 Å². The van der Waals surface area contributed by atoms with Gasteiger partial charge in [-0.2, -0.15) is 4.31 Å². The Morgan fingerprint density at radius 1 is 1.43 bits per heavy atom. The normalized spacial score (nSPS) is 20.5. The summed E-state index contributed by atoms with van der Waals surface area (Å²) in [5.74, 6) is -1.27. The lowest BCUT2D eigenvalue weighted by Crippen LogP contribution is -2.52. The summed E-state index contributed by atoms with van der Waals surface area (Å²) in [7, 11) is -3.65. The van der Waals surface area contributed by atoms with Crippen LogP contribution in [0.5, 0.6) is 0 Å². The number of hydrogen-bond donors (Lipinski definition) is 1. The van der Waals surface area contributed by atoms with Crippen molar-refractivity contribution < 1.29 is 27.9 Å². The number of carbonyl (C=O) groups excluding carboxylic acids is 1. The first-order chi connectivity index (χ1) is 10.6. The summed E-state index contributed by atoms with van der Waals surface area (Å²) in [6.07, 6.45) is 2.16. The van der Waals surface area contributed by atoms with E-state index in [1.165, 1.54) is 0 Å². The highest BCUT2D eigenvalue weighted by molar-refractivity contribution is 7.88. The molecule has 0 aliphatic carbocycles. The summed E-state index contributed by atoms with van der Waals surface area (Å²) in [5.41, 5.74) is 0. The fourth-order valence-corrected chi connectivity index (χ4v) is 3.38. The van der Waals surface area contributed by atoms with Crippen LogP contribution >= 0.6 is 0 Å². The third kappa shape index (κ3) is 6.44. The van der Waals surface area contributed by atoms with E-state index < -0.39 is 28.6 Å². The highest BCUT2D eigenvalue weighted by Gasteiger charge is 2.30. The summed E-state index contributed by atoms with van der Waals surface area (Å²) in [6.45, 7) is 4.28. The van der Waals surface area contributed by atoms with Gasteiger partial charge < -0.3 is 14.7 Å². The lowest BCUT2D eigenvalue weighted by Gasteiger charge is -2.36. The molecule has 1 saturated heterocycles. The molecule has 1 amide bonds. The number of carboxylic acid groups (broad SMARTS) is 1. The Balaban J connectivity index is 2.70. The van der Waals surface area contributed by atoms with E-state index in [2.05, 4.69) is 0 Å². The lowest BCUT2D eigenvalue weighted by atomic mass is 10.0. The zero-order valence-electron chi connectivity index (χ0n) is 13.9. The van der Waals surface area contributed by atoms with E-state index in [1.54, 1.807) is 4.90 Å². The largest absolute Gasteiger partial charge is 0.480 e. The number of sulfonamides is 1. The lowest BCUT2D eigenvalue weighted by molar-refractivity contribution is -0.144. The maximum atomic E-state index is 12.3. The quantitative estimate of drug-likeness (QED) is 0.660. The number of carbonyl (C=O) groups is 2. The SMILES string of the molecule is CCC[C@H](C)C(=O)N1CCO[C@H](CN(CC(=O)O)S(C)(=O)=O)C1. The summed E-state index contributed by atoms with van der Waals surface area (Å²) in [6, 6.07) is 0. The summed E-state index contributed by atoms with van der Waals surface area (Å²) < 4.78 is 29.7. The van der Waals surface area contributed by atoms with Crippen LogP contribution in [0.3, 0.4) is 0 Å². The Hall–Kier alpha value is -1.19. The average molecular weight is 350 g/mol. The predicted molar refractivity (Wildman–Crippen MR) is 84.4 cm³/mol. The van der Waals surface area contributed by atoms with Crippen LogP contribution in [-0.2, 0) is 24.3 Å². The molecule has 9 heteroatoms. The maximum Gasteiger partial charge on any atom is 0.318 e. The molecule has 1 heterocycles. The Kier molecular flexibility index (Phi) is 7.43. The first-order valence-electron chi connectivity index (χ1n) is 7.72. The fraction of sp³-hybridized carbons (Fsp3) is 0.857. The Morgan fingerprint density at radius 2 is 2.09 bits per heavy atom. The molecule has 134 valence electrons. The first-order valence-corrected chi connectivity index (χ1v) is 9.57. The van der Waals surface area contributed by atoms with Crippen LogP contribution in [0, 0.1) is 5.92 Å². The summed E-state index contributed by atoms with van der Waals surface area (Å²) >= 11 is 0. The van der Waals surface area contributed by atoms with Crippen LogP contribution < -0.4 is 0 Å². The summed E-state index contributed by atoms with van der Waals surface area (Å²) in [4.78, 5) is 24.8. The highest BCUT2D eigenvalue weighted by Crippen LogP contribution is 2.15.